The minimum absolute atomic E-state index is 0.275. The first-order valence-electron chi connectivity index (χ1n) is 7.65. The number of hydrogen-bond donors (Lipinski definition) is 1. The minimum atomic E-state index is 0.275. The molecule has 1 atom stereocenters. The highest BCUT2D eigenvalue weighted by Crippen LogP contribution is 2.29. The summed E-state index contributed by atoms with van der Waals surface area (Å²) in [7, 11) is 0. The summed E-state index contributed by atoms with van der Waals surface area (Å²) >= 11 is 0. The van der Waals surface area contributed by atoms with E-state index in [2.05, 4.69) is 57.9 Å². The Hall–Kier alpha value is -1.65. The van der Waals surface area contributed by atoms with E-state index in [1.54, 1.807) is 0 Å². The third kappa shape index (κ3) is 3.34. The van der Waals surface area contributed by atoms with E-state index in [1.165, 1.54) is 12.0 Å². The van der Waals surface area contributed by atoms with Crippen molar-refractivity contribution in [3.8, 4) is 0 Å². The van der Waals surface area contributed by atoms with Crippen molar-refractivity contribution in [2.24, 2.45) is 11.1 Å². The van der Waals surface area contributed by atoms with Crippen molar-refractivity contribution >= 4 is 0 Å². The van der Waals surface area contributed by atoms with Crippen molar-refractivity contribution in [2.75, 3.05) is 19.6 Å². The lowest BCUT2D eigenvalue weighted by molar-refractivity contribution is 0.266. The standard InChI is InChI=1S/C17H24N4/c1-17(13-18)7-9-20(14-17)12-16-19-8-10-21(16)11-15-5-3-2-4-6-15/h2-6,8,10H,7,9,11-14,18H2,1H3. The molecule has 4 heteroatoms. The van der Waals surface area contributed by atoms with Crippen LogP contribution in [0.1, 0.15) is 24.7 Å². The topological polar surface area (TPSA) is 47.1 Å². The summed E-state index contributed by atoms with van der Waals surface area (Å²) in [4.78, 5) is 7.01. The molecule has 112 valence electrons. The van der Waals surface area contributed by atoms with Crippen molar-refractivity contribution in [1.82, 2.24) is 14.5 Å². The van der Waals surface area contributed by atoms with Crippen LogP contribution in [0.25, 0.3) is 0 Å². The number of hydrogen-bond acceptors (Lipinski definition) is 3. The summed E-state index contributed by atoms with van der Waals surface area (Å²) in [5, 5.41) is 0. The first-order valence-corrected chi connectivity index (χ1v) is 7.65. The number of nitrogens with zero attached hydrogens (tertiary/aromatic N) is 3. The Bertz CT molecular complexity index is 577. The lowest BCUT2D eigenvalue weighted by Gasteiger charge is -2.22. The Kier molecular flexibility index (Phi) is 4.08. The molecule has 0 bridgehead atoms. The average Bonchev–Trinajstić information content (AvgIpc) is 3.09. The first-order chi connectivity index (χ1) is 10.2. The van der Waals surface area contributed by atoms with E-state index in [0.717, 1.165) is 38.5 Å². The maximum atomic E-state index is 5.89. The van der Waals surface area contributed by atoms with Crippen molar-refractivity contribution < 1.29 is 0 Å². The van der Waals surface area contributed by atoms with E-state index in [4.69, 9.17) is 5.73 Å². The Balaban J connectivity index is 1.66. The highest BCUT2D eigenvalue weighted by molar-refractivity contribution is 5.15. The van der Waals surface area contributed by atoms with Crippen LogP contribution in [0.4, 0.5) is 0 Å². The van der Waals surface area contributed by atoms with Gasteiger partial charge in [0.2, 0.25) is 0 Å². The molecule has 0 amide bonds. The maximum absolute atomic E-state index is 5.89. The zero-order chi connectivity index (χ0) is 14.7. The average molecular weight is 284 g/mol. The summed E-state index contributed by atoms with van der Waals surface area (Å²) < 4.78 is 2.24. The Morgan fingerprint density at radius 2 is 2.05 bits per heavy atom. The fraction of sp³-hybridized carbons (Fsp3) is 0.471. The summed E-state index contributed by atoms with van der Waals surface area (Å²) in [6.07, 6.45) is 5.15. The van der Waals surface area contributed by atoms with E-state index in [9.17, 15) is 0 Å². The van der Waals surface area contributed by atoms with Crippen molar-refractivity contribution in [3.05, 3.63) is 54.1 Å². The highest BCUT2D eigenvalue weighted by atomic mass is 15.2. The fourth-order valence-electron chi connectivity index (χ4n) is 3.04. The van der Waals surface area contributed by atoms with Crippen LogP contribution >= 0.6 is 0 Å². The van der Waals surface area contributed by atoms with Crippen LogP contribution in [0, 0.1) is 5.41 Å². The molecule has 1 fully saturated rings. The third-order valence-corrected chi connectivity index (χ3v) is 4.49. The molecule has 4 nitrogen and oxygen atoms in total. The Morgan fingerprint density at radius 3 is 2.76 bits per heavy atom. The van der Waals surface area contributed by atoms with Crippen LogP contribution in [-0.2, 0) is 13.1 Å². The number of aromatic nitrogens is 2. The number of rotatable bonds is 5. The number of nitrogens with two attached hydrogens (primary N) is 1. The second kappa shape index (κ2) is 6.00. The van der Waals surface area contributed by atoms with Gasteiger partial charge in [0.1, 0.15) is 5.82 Å². The van der Waals surface area contributed by atoms with Gasteiger partial charge in [0.05, 0.1) is 6.54 Å². The SMILES string of the molecule is CC1(CN)CCN(Cc2nccn2Cc2ccccc2)C1. The van der Waals surface area contributed by atoms with Crippen LogP contribution in [0.2, 0.25) is 0 Å². The zero-order valence-corrected chi connectivity index (χ0v) is 12.7. The molecular formula is C17H24N4. The largest absolute Gasteiger partial charge is 0.330 e. The molecule has 2 N–H and O–H groups in total. The molecule has 1 aliphatic rings. The smallest absolute Gasteiger partial charge is 0.123 e. The van der Waals surface area contributed by atoms with Gasteiger partial charge in [-0.2, -0.15) is 0 Å². The van der Waals surface area contributed by atoms with Crippen molar-refractivity contribution in [3.63, 3.8) is 0 Å². The molecule has 0 aliphatic carbocycles. The maximum Gasteiger partial charge on any atom is 0.123 e. The second-order valence-corrected chi connectivity index (χ2v) is 6.43. The Labute approximate surface area is 126 Å². The van der Waals surface area contributed by atoms with Gasteiger partial charge in [-0.1, -0.05) is 37.3 Å². The summed E-state index contributed by atoms with van der Waals surface area (Å²) in [5.74, 6) is 1.14. The Morgan fingerprint density at radius 1 is 1.24 bits per heavy atom. The molecular weight excluding hydrogens is 260 g/mol. The van der Waals surface area contributed by atoms with Gasteiger partial charge < -0.3 is 10.3 Å². The lowest BCUT2D eigenvalue weighted by atomic mass is 9.90. The van der Waals surface area contributed by atoms with Gasteiger partial charge in [-0.25, -0.2) is 4.98 Å². The molecule has 0 radical (unpaired) electrons. The summed E-state index contributed by atoms with van der Waals surface area (Å²) in [5.41, 5.74) is 7.47. The van der Waals surface area contributed by atoms with Crippen LogP contribution in [-0.4, -0.2) is 34.1 Å². The van der Waals surface area contributed by atoms with E-state index in [0.29, 0.717) is 0 Å². The van der Waals surface area contributed by atoms with Gasteiger partial charge in [0.25, 0.3) is 0 Å². The van der Waals surface area contributed by atoms with Crippen LogP contribution in [0.15, 0.2) is 42.7 Å². The summed E-state index contributed by atoms with van der Waals surface area (Å²) in [6.45, 7) is 7.03. The zero-order valence-electron chi connectivity index (χ0n) is 12.7. The van der Waals surface area contributed by atoms with Crippen LogP contribution < -0.4 is 5.73 Å². The van der Waals surface area contributed by atoms with E-state index < -0.39 is 0 Å². The molecule has 3 rings (SSSR count). The third-order valence-electron chi connectivity index (χ3n) is 4.49. The summed E-state index contributed by atoms with van der Waals surface area (Å²) in [6, 6.07) is 10.5. The van der Waals surface area contributed by atoms with Crippen molar-refractivity contribution in [2.45, 2.75) is 26.4 Å². The molecule has 1 saturated heterocycles. The monoisotopic (exact) mass is 284 g/mol. The van der Waals surface area contributed by atoms with Gasteiger partial charge in [-0.3, -0.25) is 4.90 Å². The predicted molar refractivity (Wildman–Crippen MR) is 84.8 cm³/mol. The highest BCUT2D eigenvalue weighted by Gasteiger charge is 2.32. The van der Waals surface area contributed by atoms with Gasteiger partial charge in [0.15, 0.2) is 0 Å². The lowest BCUT2D eigenvalue weighted by Crippen LogP contribution is -2.31. The second-order valence-electron chi connectivity index (χ2n) is 6.43. The van der Waals surface area contributed by atoms with Crippen LogP contribution in [0.5, 0.6) is 0 Å². The molecule has 2 heterocycles. The number of benzene rings is 1. The van der Waals surface area contributed by atoms with E-state index >= 15 is 0 Å². The molecule has 1 unspecified atom stereocenters. The molecule has 1 aromatic carbocycles. The number of imidazole rings is 1. The predicted octanol–water partition coefficient (Wildman–Crippen LogP) is 2.10. The van der Waals surface area contributed by atoms with Gasteiger partial charge >= 0.3 is 0 Å². The van der Waals surface area contributed by atoms with Gasteiger partial charge in [-0.05, 0) is 30.5 Å². The fourth-order valence-corrected chi connectivity index (χ4v) is 3.04. The van der Waals surface area contributed by atoms with Gasteiger partial charge in [-0.15, -0.1) is 0 Å². The van der Waals surface area contributed by atoms with Gasteiger partial charge in [0, 0.05) is 25.5 Å². The number of likely N-dealkylation sites (tertiary alicyclic amines) is 1. The molecule has 0 spiro atoms. The molecule has 21 heavy (non-hydrogen) atoms. The molecule has 0 saturated carbocycles. The molecule has 2 aromatic rings. The quantitative estimate of drug-likeness (QED) is 0.914. The first kappa shape index (κ1) is 14.3. The minimum Gasteiger partial charge on any atom is -0.330 e. The van der Waals surface area contributed by atoms with Crippen molar-refractivity contribution in [1.29, 1.82) is 0 Å². The van der Waals surface area contributed by atoms with E-state index in [1.807, 2.05) is 6.20 Å². The molecule has 1 aromatic heterocycles. The molecule has 1 aliphatic heterocycles. The normalized spacial score (nSPS) is 22.8. The van der Waals surface area contributed by atoms with E-state index in [-0.39, 0.29) is 5.41 Å². The van der Waals surface area contributed by atoms with Crippen LogP contribution in [0.3, 0.4) is 0 Å².